The van der Waals surface area contributed by atoms with Crippen LogP contribution in [0.5, 0.6) is 0 Å². The van der Waals surface area contributed by atoms with Crippen molar-refractivity contribution in [3.63, 3.8) is 0 Å². The van der Waals surface area contributed by atoms with E-state index >= 15 is 0 Å². The fraction of sp³-hybridized carbons (Fsp3) is 0.333. The number of hydrogen-bond donors (Lipinski definition) is 0. The molecule has 2 rings (SSSR count). The van der Waals surface area contributed by atoms with Gasteiger partial charge in [-0.25, -0.2) is 0 Å². The van der Waals surface area contributed by atoms with Gasteiger partial charge in [-0.2, -0.15) is 0 Å². The summed E-state index contributed by atoms with van der Waals surface area (Å²) in [4.78, 5) is 0. The van der Waals surface area contributed by atoms with E-state index in [1.807, 2.05) is 6.92 Å². The van der Waals surface area contributed by atoms with Gasteiger partial charge >= 0.3 is 0 Å². The van der Waals surface area contributed by atoms with Crippen LogP contribution in [-0.2, 0) is 0 Å². The van der Waals surface area contributed by atoms with Crippen LogP contribution in [0.2, 0.25) is 0 Å². The highest BCUT2D eigenvalue weighted by molar-refractivity contribution is 5.85. The second-order valence-corrected chi connectivity index (χ2v) is 3.74. The molecule has 0 aliphatic heterocycles. The normalized spacial score (nSPS) is 11.1. The highest BCUT2D eigenvalue weighted by Crippen LogP contribution is 2.27. The molecule has 0 saturated carbocycles. The van der Waals surface area contributed by atoms with Crippen molar-refractivity contribution in [3.05, 3.63) is 34.6 Å². The third kappa shape index (κ3) is 1.15. The Labute approximate surface area is 78.4 Å². The van der Waals surface area contributed by atoms with Crippen molar-refractivity contribution in [2.75, 3.05) is 0 Å². The Hall–Kier alpha value is -1.24. The van der Waals surface area contributed by atoms with Crippen LogP contribution in [0.15, 0.2) is 16.5 Å². The molecule has 0 amide bonds. The number of furan rings is 1. The van der Waals surface area contributed by atoms with Gasteiger partial charge in [-0.05, 0) is 50.5 Å². The lowest BCUT2D eigenvalue weighted by Gasteiger charge is -2.02. The van der Waals surface area contributed by atoms with Crippen LogP contribution in [0.3, 0.4) is 0 Å². The maximum atomic E-state index is 5.66. The summed E-state index contributed by atoms with van der Waals surface area (Å²) < 4.78 is 5.66. The molecule has 0 atom stereocenters. The molecule has 1 aromatic heterocycles. The lowest BCUT2D eigenvalue weighted by molar-refractivity contribution is 0.576. The Morgan fingerprint density at radius 2 is 1.62 bits per heavy atom. The molecule has 2 aromatic rings. The van der Waals surface area contributed by atoms with Crippen LogP contribution < -0.4 is 0 Å². The Bertz CT molecular complexity index is 463. The number of benzene rings is 1. The van der Waals surface area contributed by atoms with Gasteiger partial charge in [0.2, 0.25) is 0 Å². The largest absolute Gasteiger partial charge is 0.461 e. The van der Waals surface area contributed by atoms with E-state index < -0.39 is 0 Å². The lowest BCUT2D eigenvalue weighted by atomic mass is 10.0. The first kappa shape index (κ1) is 8.36. The van der Waals surface area contributed by atoms with Gasteiger partial charge in [0.1, 0.15) is 11.3 Å². The first-order chi connectivity index (χ1) is 6.09. The topological polar surface area (TPSA) is 13.1 Å². The number of rotatable bonds is 0. The number of aryl methyl sites for hydroxylation is 4. The molecule has 0 spiro atoms. The zero-order chi connectivity index (χ0) is 9.59. The van der Waals surface area contributed by atoms with Crippen molar-refractivity contribution in [2.45, 2.75) is 27.7 Å². The van der Waals surface area contributed by atoms with Gasteiger partial charge in [0, 0.05) is 5.39 Å². The van der Waals surface area contributed by atoms with Crippen LogP contribution in [-0.4, -0.2) is 0 Å². The highest BCUT2D eigenvalue weighted by atomic mass is 16.3. The van der Waals surface area contributed by atoms with Crippen LogP contribution in [0.1, 0.15) is 22.5 Å². The summed E-state index contributed by atoms with van der Waals surface area (Å²) in [5, 5.41) is 1.25. The molecule has 13 heavy (non-hydrogen) atoms. The second kappa shape index (κ2) is 2.63. The summed E-state index contributed by atoms with van der Waals surface area (Å²) in [7, 11) is 0. The molecule has 1 heteroatoms. The van der Waals surface area contributed by atoms with Gasteiger partial charge in [-0.1, -0.05) is 6.07 Å². The monoisotopic (exact) mass is 174 g/mol. The number of hydrogen-bond acceptors (Lipinski definition) is 1. The van der Waals surface area contributed by atoms with Crippen LogP contribution in [0, 0.1) is 27.7 Å². The van der Waals surface area contributed by atoms with E-state index in [0.717, 1.165) is 11.3 Å². The van der Waals surface area contributed by atoms with Gasteiger partial charge in [0.05, 0.1) is 0 Å². The van der Waals surface area contributed by atoms with E-state index in [1.165, 1.54) is 22.1 Å². The molecule has 0 bridgehead atoms. The van der Waals surface area contributed by atoms with Crippen molar-refractivity contribution in [1.29, 1.82) is 0 Å². The van der Waals surface area contributed by atoms with Crippen LogP contribution in [0.4, 0.5) is 0 Å². The molecule has 0 aliphatic rings. The van der Waals surface area contributed by atoms with E-state index in [1.54, 1.807) is 0 Å². The van der Waals surface area contributed by atoms with Crippen molar-refractivity contribution < 1.29 is 4.42 Å². The second-order valence-electron chi connectivity index (χ2n) is 3.74. The van der Waals surface area contributed by atoms with E-state index in [9.17, 15) is 0 Å². The number of fused-ring (bicyclic) bond motifs is 1. The highest BCUT2D eigenvalue weighted by Gasteiger charge is 2.08. The van der Waals surface area contributed by atoms with Crippen molar-refractivity contribution in [1.82, 2.24) is 0 Å². The van der Waals surface area contributed by atoms with Crippen LogP contribution in [0.25, 0.3) is 11.0 Å². The molecule has 0 aliphatic carbocycles. The maximum Gasteiger partial charge on any atom is 0.137 e. The molecule has 0 unspecified atom stereocenters. The van der Waals surface area contributed by atoms with Crippen molar-refractivity contribution >= 4 is 11.0 Å². The standard InChI is InChI=1S/C12H14O/c1-7-5-8(2)11-6-9(3)13-12(11)10(7)4/h5-6H,1-4H3. The minimum atomic E-state index is 0.992. The zero-order valence-electron chi connectivity index (χ0n) is 8.56. The molecule has 68 valence electrons. The maximum absolute atomic E-state index is 5.66. The predicted octanol–water partition coefficient (Wildman–Crippen LogP) is 3.67. The molecule has 0 N–H and O–H groups in total. The smallest absolute Gasteiger partial charge is 0.137 e. The van der Waals surface area contributed by atoms with Gasteiger partial charge in [0.15, 0.2) is 0 Å². The van der Waals surface area contributed by atoms with Gasteiger partial charge in [-0.15, -0.1) is 0 Å². The lowest BCUT2D eigenvalue weighted by Crippen LogP contribution is -1.83. The average Bonchev–Trinajstić information content (AvgIpc) is 2.44. The Morgan fingerprint density at radius 1 is 0.923 bits per heavy atom. The summed E-state index contributed by atoms with van der Waals surface area (Å²) in [6, 6.07) is 4.32. The first-order valence-corrected chi connectivity index (χ1v) is 4.56. The molecular formula is C12H14O. The Kier molecular flexibility index (Phi) is 1.69. The molecule has 0 saturated heterocycles. The minimum absolute atomic E-state index is 0.992. The fourth-order valence-corrected chi connectivity index (χ4v) is 1.78. The third-order valence-electron chi connectivity index (χ3n) is 2.65. The van der Waals surface area contributed by atoms with E-state index in [0.29, 0.717) is 0 Å². The van der Waals surface area contributed by atoms with E-state index in [4.69, 9.17) is 4.42 Å². The summed E-state index contributed by atoms with van der Waals surface area (Å²) >= 11 is 0. The summed E-state index contributed by atoms with van der Waals surface area (Å²) in [5.41, 5.74) is 4.91. The fourth-order valence-electron chi connectivity index (χ4n) is 1.78. The molecule has 1 aromatic carbocycles. The minimum Gasteiger partial charge on any atom is -0.461 e. The van der Waals surface area contributed by atoms with Gasteiger partial charge in [0.25, 0.3) is 0 Å². The molecule has 1 heterocycles. The summed E-state index contributed by atoms with van der Waals surface area (Å²) in [6.45, 7) is 8.36. The molecule has 0 fully saturated rings. The predicted molar refractivity (Wildman–Crippen MR) is 55.2 cm³/mol. The first-order valence-electron chi connectivity index (χ1n) is 4.56. The SMILES string of the molecule is Cc1cc2c(C)cc(C)c(C)c2o1. The quantitative estimate of drug-likeness (QED) is 0.594. The average molecular weight is 174 g/mol. The zero-order valence-corrected chi connectivity index (χ0v) is 8.56. The summed E-state index contributed by atoms with van der Waals surface area (Å²) in [5.74, 6) is 0.992. The molecule has 1 nitrogen and oxygen atoms in total. The molecular weight excluding hydrogens is 160 g/mol. The van der Waals surface area contributed by atoms with Gasteiger partial charge in [-0.3, -0.25) is 0 Å². The van der Waals surface area contributed by atoms with E-state index in [-0.39, 0.29) is 0 Å². The third-order valence-corrected chi connectivity index (χ3v) is 2.65. The van der Waals surface area contributed by atoms with E-state index in [2.05, 4.69) is 32.9 Å². The molecule has 0 radical (unpaired) electrons. The Morgan fingerprint density at radius 3 is 2.31 bits per heavy atom. The summed E-state index contributed by atoms with van der Waals surface area (Å²) in [6.07, 6.45) is 0. The van der Waals surface area contributed by atoms with Crippen molar-refractivity contribution in [3.8, 4) is 0 Å². The Balaban J connectivity index is 2.95. The van der Waals surface area contributed by atoms with Crippen LogP contribution >= 0.6 is 0 Å². The van der Waals surface area contributed by atoms with Crippen molar-refractivity contribution in [2.24, 2.45) is 0 Å². The van der Waals surface area contributed by atoms with Gasteiger partial charge < -0.3 is 4.42 Å².